The van der Waals surface area contributed by atoms with Crippen molar-refractivity contribution in [2.75, 3.05) is 25.5 Å². The smallest absolute Gasteiger partial charge is 0.319 e. The highest BCUT2D eigenvalue weighted by Gasteiger charge is 2.28. The van der Waals surface area contributed by atoms with Crippen LogP contribution in [0.25, 0.3) is 11.4 Å². The molecule has 1 heterocycles. The van der Waals surface area contributed by atoms with E-state index >= 15 is 0 Å². The van der Waals surface area contributed by atoms with Gasteiger partial charge in [0.25, 0.3) is 0 Å². The predicted octanol–water partition coefficient (Wildman–Crippen LogP) is 4.82. The molecule has 1 fully saturated rings. The molecular formula is C28H38FN7O. The summed E-state index contributed by atoms with van der Waals surface area (Å²) in [6.45, 7) is 3.71. The minimum Gasteiger partial charge on any atom is -0.338 e. The number of tetrazole rings is 1. The lowest BCUT2D eigenvalue weighted by molar-refractivity contribution is 0.128. The number of anilines is 1. The molecule has 1 aromatic heterocycles. The lowest BCUT2D eigenvalue weighted by Gasteiger charge is -2.38. The van der Waals surface area contributed by atoms with Crippen LogP contribution in [0.1, 0.15) is 50.2 Å². The van der Waals surface area contributed by atoms with Gasteiger partial charge in [0.2, 0.25) is 0 Å². The van der Waals surface area contributed by atoms with Gasteiger partial charge in [-0.1, -0.05) is 31.9 Å². The maximum absolute atomic E-state index is 13.1. The van der Waals surface area contributed by atoms with E-state index in [4.69, 9.17) is 0 Å². The van der Waals surface area contributed by atoms with Crippen molar-refractivity contribution in [3.8, 4) is 11.4 Å². The second-order valence-electron chi connectivity index (χ2n) is 10.1. The minimum absolute atomic E-state index is 0.191. The van der Waals surface area contributed by atoms with E-state index in [1.807, 2.05) is 30.3 Å². The van der Waals surface area contributed by atoms with Gasteiger partial charge in [-0.25, -0.2) is 13.9 Å². The summed E-state index contributed by atoms with van der Waals surface area (Å²) in [6, 6.07) is 13.0. The number of halogens is 1. The normalized spacial score (nSPS) is 17.6. The van der Waals surface area contributed by atoms with Crippen molar-refractivity contribution in [3.63, 3.8) is 0 Å². The van der Waals surface area contributed by atoms with Crippen molar-refractivity contribution in [3.05, 3.63) is 59.4 Å². The van der Waals surface area contributed by atoms with E-state index in [2.05, 4.69) is 45.0 Å². The Kier molecular flexibility index (Phi) is 9.22. The van der Waals surface area contributed by atoms with E-state index < -0.39 is 0 Å². The third kappa shape index (κ3) is 7.35. The van der Waals surface area contributed by atoms with Gasteiger partial charge in [-0.15, -0.1) is 5.10 Å². The van der Waals surface area contributed by atoms with E-state index in [1.165, 1.54) is 30.5 Å². The molecule has 198 valence electrons. The topological polar surface area (TPSA) is 88.0 Å². The van der Waals surface area contributed by atoms with Gasteiger partial charge in [0.1, 0.15) is 5.82 Å². The number of nitrogens with zero attached hydrogens (tertiary/aromatic N) is 5. The van der Waals surface area contributed by atoms with Crippen molar-refractivity contribution in [1.82, 2.24) is 30.4 Å². The third-order valence-corrected chi connectivity index (χ3v) is 7.39. The minimum atomic E-state index is -0.196. The molecule has 1 saturated carbocycles. The van der Waals surface area contributed by atoms with Gasteiger partial charge in [-0.3, -0.25) is 0 Å². The molecule has 0 saturated heterocycles. The summed E-state index contributed by atoms with van der Waals surface area (Å²) in [5.74, 6) is 0.882. The van der Waals surface area contributed by atoms with E-state index in [9.17, 15) is 9.18 Å². The molecule has 2 aromatic carbocycles. The molecule has 2 N–H and O–H groups in total. The number of aromatic nitrogens is 4. The van der Waals surface area contributed by atoms with Gasteiger partial charge in [0, 0.05) is 30.9 Å². The largest absolute Gasteiger partial charge is 0.338 e. The summed E-state index contributed by atoms with van der Waals surface area (Å²) >= 11 is 0. The molecule has 0 aliphatic heterocycles. The van der Waals surface area contributed by atoms with Crippen molar-refractivity contribution in [2.45, 2.75) is 57.9 Å². The maximum atomic E-state index is 13.1. The molecule has 37 heavy (non-hydrogen) atoms. The first-order chi connectivity index (χ1) is 17.9. The molecule has 2 atom stereocenters. The van der Waals surface area contributed by atoms with Gasteiger partial charge in [-0.05, 0) is 103 Å². The second-order valence-corrected chi connectivity index (χ2v) is 10.1. The van der Waals surface area contributed by atoms with Crippen LogP contribution in [0.5, 0.6) is 0 Å². The molecule has 1 aliphatic carbocycles. The number of hydrogen-bond donors (Lipinski definition) is 2. The van der Waals surface area contributed by atoms with E-state index in [1.54, 1.807) is 11.7 Å². The number of nitrogens with one attached hydrogen (secondary N) is 2. The Hall–Kier alpha value is -3.33. The summed E-state index contributed by atoms with van der Waals surface area (Å²) in [5.41, 5.74) is 3.87. The number of carbonyl (C=O) groups excluding carboxylic acids is 1. The lowest BCUT2D eigenvalue weighted by atomic mass is 9.83. The monoisotopic (exact) mass is 507 g/mol. The molecule has 0 unspecified atom stereocenters. The number of amides is 2. The predicted molar refractivity (Wildman–Crippen MR) is 144 cm³/mol. The first-order valence-electron chi connectivity index (χ1n) is 13.3. The number of benzene rings is 2. The molecule has 4 rings (SSSR count). The van der Waals surface area contributed by atoms with Gasteiger partial charge in [0.05, 0.1) is 0 Å². The Morgan fingerprint density at radius 2 is 1.92 bits per heavy atom. The fourth-order valence-corrected chi connectivity index (χ4v) is 5.33. The Labute approximate surface area is 218 Å². The first-order valence-corrected chi connectivity index (χ1v) is 13.3. The Morgan fingerprint density at radius 3 is 2.65 bits per heavy atom. The van der Waals surface area contributed by atoms with Crippen LogP contribution in [0, 0.1) is 11.7 Å². The number of rotatable bonds is 10. The third-order valence-electron chi connectivity index (χ3n) is 7.39. The molecule has 1 aliphatic rings. The highest BCUT2D eigenvalue weighted by Crippen LogP contribution is 2.28. The van der Waals surface area contributed by atoms with E-state index in [0.29, 0.717) is 24.3 Å². The van der Waals surface area contributed by atoms with Crippen molar-refractivity contribution < 1.29 is 9.18 Å². The van der Waals surface area contributed by atoms with Crippen molar-refractivity contribution in [2.24, 2.45) is 13.0 Å². The molecule has 0 spiro atoms. The standard InChI is InChI=1S/C28H38FN7O/c1-4-20-16-23(27-32-33-34-36(27)3)18-25(17-20)31-28(37)30-19-22-9-5-6-10-26(22)35(2)15-7-8-21-11-13-24(29)14-12-21/h11-14,16-18,22,26H,4-10,15,19H2,1-3H3,(H2,30,31,37)/t22-,26+/m0/s1. The summed E-state index contributed by atoms with van der Waals surface area (Å²) in [6.07, 6.45) is 7.48. The molecular weight excluding hydrogens is 469 g/mol. The zero-order valence-corrected chi connectivity index (χ0v) is 22.1. The van der Waals surface area contributed by atoms with Crippen LogP contribution in [-0.2, 0) is 19.9 Å². The van der Waals surface area contributed by atoms with Crippen LogP contribution >= 0.6 is 0 Å². The lowest BCUT2D eigenvalue weighted by Crippen LogP contribution is -2.46. The van der Waals surface area contributed by atoms with Crippen LogP contribution in [0.3, 0.4) is 0 Å². The number of urea groups is 1. The van der Waals surface area contributed by atoms with Gasteiger partial charge in [0.15, 0.2) is 5.82 Å². The quantitative estimate of drug-likeness (QED) is 0.411. The van der Waals surface area contributed by atoms with Crippen molar-refractivity contribution >= 4 is 11.7 Å². The van der Waals surface area contributed by atoms with Crippen LogP contribution in [0.15, 0.2) is 42.5 Å². The van der Waals surface area contributed by atoms with Crippen LogP contribution in [0.4, 0.5) is 14.9 Å². The molecule has 3 aromatic rings. The maximum Gasteiger partial charge on any atom is 0.319 e. The summed E-state index contributed by atoms with van der Waals surface area (Å²) in [4.78, 5) is 15.3. The van der Waals surface area contributed by atoms with Gasteiger partial charge < -0.3 is 15.5 Å². The van der Waals surface area contributed by atoms with Gasteiger partial charge in [-0.2, -0.15) is 0 Å². The van der Waals surface area contributed by atoms with Crippen LogP contribution in [0.2, 0.25) is 0 Å². The Bertz CT molecular complexity index is 1160. The van der Waals surface area contributed by atoms with Crippen LogP contribution < -0.4 is 10.6 Å². The average molecular weight is 508 g/mol. The average Bonchev–Trinajstić information content (AvgIpc) is 3.34. The Morgan fingerprint density at radius 1 is 1.14 bits per heavy atom. The highest BCUT2D eigenvalue weighted by molar-refractivity contribution is 5.90. The molecule has 0 bridgehead atoms. The summed E-state index contributed by atoms with van der Waals surface area (Å²) in [5, 5.41) is 17.9. The zero-order chi connectivity index (χ0) is 26.2. The van der Waals surface area contributed by atoms with Crippen LogP contribution in [-0.4, -0.2) is 57.3 Å². The molecule has 9 heteroatoms. The Balaban J connectivity index is 1.30. The zero-order valence-electron chi connectivity index (χ0n) is 22.1. The second kappa shape index (κ2) is 12.8. The SMILES string of the molecule is CCc1cc(NC(=O)NC[C@@H]2CCCC[C@H]2N(C)CCCc2ccc(F)cc2)cc(-c2nnnn2C)c1. The van der Waals surface area contributed by atoms with E-state index in [-0.39, 0.29) is 11.8 Å². The molecule has 0 radical (unpaired) electrons. The molecule has 2 amide bonds. The summed E-state index contributed by atoms with van der Waals surface area (Å²) in [7, 11) is 3.99. The number of aryl methyl sites for hydroxylation is 3. The fraction of sp³-hybridized carbons (Fsp3) is 0.500. The van der Waals surface area contributed by atoms with E-state index in [0.717, 1.165) is 55.5 Å². The first kappa shape index (κ1) is 26.7. The van der Waals surface area contributed by atoms with Gasteiger partial charge >= 0.3 is 6.03 Å². The number of hydrogen-bond acceptors (Lipinski definition) is 5. The highest BCUT2D eigenvalue weighted by atomic mass is 19.1. The summed E-state index contributed by atoms with van der Waals surface area (Å²) < 4.78 is 14.8. The van der Waals surface area contributed by atoms with Crippen molar-refractivity contribution in [1.29, 1.82) is 0 Å². The fourth-order valence-electron chi connectivity index (χ4n) is 5.33. The molecule has 8 nitrogen and oxygen atoms in total. The number of carbonyl (C=O) groups is 1.